The quantitative estimate of drug-likeness (QED) is 0.316. The molecule has 0 radical (unpaired) electrons. The van der Waals surface area contributed by atoms with E-state index in [1.54, 1.807) is 22.5 Å². The standard InChI is InChI=1S/C33H40N2O2S2/c1-6-37-31(36)29-28(34)27-22(24-9-7-16-38-24)18-26(35-30(27)39-29)33(5)15-8-14-32(4)23-12-10-20(19(2)3)17-21(23)11-13-25(32)33/h7,9,11,16-19,23,25H,6,8,10,12-15,34H2,1-5H3/t23-,25+,32+,33+/m0/s1. The van der Waals surface area contributed by atoms with Crippen molar-refractivity contribution in [3.8, 4) is 10.4 Å². The summed E-state index contributed by atoms with van der Waals surface area (Å²) in [7, 11) is 0. The molecule has 0 amide bonds. The van der Waals surface area contributed by atoms with E-state index in [0.717, 1.165) is 39.2 Å². The zero-order valence-electron chi connectivity index (χ0n) is 23.8. The van der Waals surface area contributed by atoms with Gasteiger partial charge in [-0.2, -0.15) is 0 Å². The summed E-state index contributed by atoms with van der Waals surface area (Å²) in [5.41, 5.74) is 12.8. The van der Waals surface area contributed by atoms with Crippen molar-refractivity contribution in [1.82, 2.24) is 4.98 Å². The van der Waals surface area contributed by atoms with Gasteiger partial charge in [-0.15, -0.1) is 22.7 Å². The summed E-state index contributed by atoms with van der Waals surface area (Å²) in [5.74, 6) is 1.40. The minimum Gasteiger partial charge on any atom is -0.462 e. The normalized spacial score (nSPS) is 28.6. The van der Waals surface area contributed by atoms with Crippen LogP contribution in [0.25, 0.3) is 20.7 Å². The number of allylic oxidation sites excluding steroid dienone is 4. The molecule has 3 aliphatic carbocycles. The van der Waals surface area contributed by atoms with Crippen molar-refractivity contribution in [3.63, 3.8) is 0 Å². The molecular formula is C33H40N2O2S2. The van der Waals surface area contributed by atoms with Gasteiger partial charge < -0.3 is 10.5 Å². The number of hydrogen-bond donors (Lipinski definition) is 1. The van der Waals surface area contributed by atoms with Crippen LogP contribution in [-0.2, 0) is 10.2 Å². The number of thiophene rings is 2. The van der Waals surface area contributed by atoms with Gasteiger partial charge >= 0.3 is 5.97 Å². The highest BCUT2D eigenvalue weighted by Gasteiger charge is 2.55. The fourth-order valence-electron chi connectivity index (χ4n) is 8.04. The van der Waals surface area contributed by atoms with E-state index in [1.165, 1.54) is 37.0 Å². The highest BCUT2D eigenvalue weighted by molar-refractivity contribution is 7.21. The van der Waals surface area contributed by atoms with Gasteiger partial charge in [0.2, 0.25) is 0 Å². The number of aromatic nitrogens is 1. The molecule has 39 heavy (non-hydrogen) atoms. The van der Waals surface area contributed by atoms with E-state index in [9.17, 15) is 4.79 Å². The molecular weight excluding hydrogens is 521 g/mol. The smallest absolute Gasteiger partial charge is 0.350 e. The summed E-state index contributed by atoms with van der Waals surface area (Å²) in [4.78, 5) is 20.6. The molecule has 3 aliphatic rings. The van der Waals surface area contributed by atoms with Crippen LogP contribution >= 0.6 is 22.7 Å². The van der Waals surface area contributed by atoms with Gasteiger partial charge in [0, 0.05) is 26.9 Å². The average molecular weight is 561 g/mol. The monoisotopic (exact) mass is 560 g/mol. The molecule has 4 atom stereocenters. The van der Waals surface area contributed by atoms with Gasteiger partial charge in [0.1, 0.15) is 9.71 Å². The summed E-state index contributed by atoms with van der Waals surface area (Å²) >= 11 is 3.09. The van der Waals surface area contributed by atoms with Crippen LogP contribution in [0.1, 0.15) is 88.5 Å². The molecule has 6 heteroatoms. The largest absolute Gasteiger partial charge is 0.462 e. The lowest BCUT2D eigenvalue weighted by atomic mass is 9.46. The van der Waals surface area contributed by atoms with E-state index < -0.39 is 0 Å². The third-order valence-electron chi connectivity index (χ3n) is 10.1. The molecule has 3 aromatic rings. The topological polar surface area (TPSA) is 65.2 Å². The Balaban J connectivity index is 1.49. The minimum absolute atomic E-state index is 0.0554. The van der Waals surface area contributed by atoms with E-state index in [0.29, 0.717) is 34.9 Å². The van der Waals surface area contributed by atoms with Crippen LogP contribution in [0.2, 0.25) is 0 Å². The zero-order chi connectivity index (χ0) is 27.5. The molecule has 206 valence electrons. The van der Waals surface area contributed by atoms with Crippen LogP contribution in [0.3, 0.4) is 0 Å². The lowest BCUT2D eigenvalue weighted by Crippen LogP contribution is -2.52. The van der Waals surface area contributed by atoms with Gasteiger partial charge in [0.05, 0.1) is 12.3 Å². The van der Waals surface area contributed by atoms with Gasteiger partial charge in [-0.25, -0.2) is 9.78 Å². The third-order valence-corrected chi connectivity index (χ3v) is 12.1. The fraction of sp³-hybridized carbons (Fsp3) is 0.515. The number of nitrogens with zero attached hydrogens (tertiary/aromatic N) is 1. The fourth-order valence-corrected chi connectivity index (χ4v) is 9.80. The van der Waals surface area contributed by atoms with Crippen molar-refractivity contribution in [1.29, 1.82) is 0 Å². The number of nitrogen functional groups attached to an aromatic ring is 1. The van der Waals surface area contributed by atoms with Crippen LogP contribution in [0.4, 0.5) is 5.69 Å². The number of fused-ring (bicyclic) bond motifs is 4. The molecule has 6 rings (SSSR count). The molecule has 2 N–H and O–H groups in total. The first-order valence-electron chi connectivity index (χ1n) is 14.5. The number of ether oxygens (including phenoxy) is 1. The maximum Gasteiger partial charge on any atom is 0.350 e. The van der Waals surface area contributed by atoms with Crippen LogP contribution < -0.4 is 5.73 Å². The summed E-state index contributed by atoms with van der Waals surface area (Å²) in [6, 6.07) is 6.53. The van der Waals surface area contributed by atoms with E-state index in [2.05, 4.69) is 63.4 Å². The Hall–Kier alpha value is -2.44. The zero-order valence-corrected chi connectivity index (χ0v) is 25.4. The Labute approximate surface area is 240 Å². The molecule has 3 heterocycles. The Morgan fingerprint density at radius 1 is 1.28 bits per heavy atom. The van der Waals surface area contributed by atoms with Crippen molar-refractivity contribution in [2.75, 3.05) is 12.3 Å². The highest BCUT2D eigenvalue weighted by atomic mass is 32.1. The maximum absolute atomic E-state index is 12.8. The second-order valence-corrected chi connectivity index (χ2v) is 14.5. The number of pyridine rings is 1. The van der Waals surface area contributed by atoms with Gasteiger partial charge in [-0.05, 0) is 85.3 Å². The maximum atomic E-state index is 12.8. The number of carbonyl (C=O) groups excluding carboxylic acids is 1. The molecule has 0 aromatic carbocycles. The van der Waals surface area contributed by atoms with Crippen LogP contribution in [0, 0.1) is 23.2 Å². The van der Waals surface area contributed by atoms with Crippen LogP contribution in [0.15, 0.2) is 46.9 Å². The molecule has 0 spiro atoms. The Bertz CT molecular complexity index is 1480. The van der Waals surface area contributed by atoms with Gasteiger partial charge in [-0.1, -0.05) is 57.9 Å². The number of carbonyl (C=O) groups is 1. The summed E-state index contributed by atoms with van der Waals surface area (Å²) in [6.07, 6.45) is 12.3. The van der Waals surface area contributed by atoms with Crippen molar-refractivity contribution < 1.29 is 9.53 Å². The molecule has 0 saturated heterocycles. The van der Waals surface area contributed by atoms with Gasteiger partial charge in [-0.3, -0.25) is 0 Å². The summed E-state index contributed by atoms with van der Waals surface area (Å²) < 4.78 is 5.35. The number of hydrogen-bond acceptors (Lipinski definition) is 6. The highest BCUT2D eigenvalue weighted by Crippen LogP contribution is 2.62. The van der Waals surface area contributed by atoms with E-state index >= 15 is 0 Å². The van der Waals surface area contributed by atoms with Crippen molar-refractivity contribution in [2.24, 2.45) is 23.2 Å². The lowest BCUT2D eigenvalue weighted by molar-refractivity contribution is -0.0104. The van der Waals surface area contributed by atoms with Crippen molar-refractivity contribution >= 4 is 44.5 Å². The van der Waals surface area contributed by atoms with E-state index in [-0.39, 0.29) is 16.8 Å². The third kappa shape index (κ3) is 4.21. The second kappa shape index (κ2) is 9.88. The number of rotatable bonds is 5. The molecule has 1 fully saturated rings. The predicted molar refractivity (Wildman–Crippen MR) is 164 cm³/mol. The molecule has 0 unspecified atom stereocenters. The molecule has 0 bridgehead atoms. The van der Waals surface area contributed by atoms with Crippen LogP contribution in [0.5, 0.6) is 0 Å². The molecule has 3 aromatic heterocycles. The Morgan fingerprint density at radius 2 is 2.10 bits per heavy atom. The minimum atomic E-state index is -0.357. The summed E-state index contributed by atoms with van der Waals surface area (Å²) in [5, 5.41) is 2.99. The molecule has 0 aliphatic heterocycles. The number of nitrogens with two attached hydrogens (primary N) is 1. The average Bonchev–Trinajstić information content (AvgIpc) is 3.56. The first-order chi connectivity index (χ1) is 18.7. The van der Waals surface area contributed by atoms with E-state index in [1.807, 2.05) is 6.92 Å². The van der Waals surface area contributed by atoms with Gasteiger partial charge in [0.15, 0.2) is 0 Å². The van der Waals surface area contributed by atoms with Crippen LogP contribution in [-0.4, -0.2) is 17.6 Å². The van der Waals surface area contributed by atoms with E-state index in [4.69, 9.17) is 15.5 Å². The first-order valence-corrected chi connectivity index (χ1v) is 16.2. The lowest BCUT2D eigenvalue weighted by Gasteiger charge is -2.58. The number of anilines is 1. The van der Waals surface area contributed by atoms with Crippen molar-refractivity contribution in [3.05, 3.63) is 57.4 Å². The first kappa shape index (κ1) is 26.8. The Kier molecular flexibility index (Phi) is 6.78. The second-order valence-electron chi connectivity index (χ2n) is 12.5. The molecule has 4 nitrogen and oxygen atoms in total. The SMILES string of the molecule is CCOC(=O)c1sc2nc([C@]3(C)CCC[C@@]4(C)[C@H]3CC=C3C=C(C(C)C)CC[C@@H]34)cc(-c3cccs3)c2c1N. The predicted octanol–water partition coefficient (Wildman–Crippen LogP) is 9.17. The molecule has 1 saturated carbocycles. The Morgan fingerprint density at radius 3 is 2.82 bits per heavy atom. The van der Waals surface area contributed by atoms with Gasteiger partial charge in [0.25, 0.3) is 0 Å². The number of esters is 1. The van der Waals surface area contributed by atoms with Crippen molar-refractivity contribution in [2.45, 2.75) is 78.6 Å². The summed E-state index contributed by atoms with van der Waals surface area (Å²) in [6.45, 7) is 11.8.